The quantitative estimate of drug-likeness (QED) is 0.794. The van der Waals surface area contributed by atoms with Gasteiger partial charge in [0.15, 0.2) is 15.4 Å². The van der Waals surface area contributed by atoms with Gasteiger partial charge in [-0.15, -0.1) is 0 Å². The van der Waals surface area contributed by atoms with E-state index in [9.17, 15) is 13.2 Å². The molecule has 0 saturated heterocycles. The molecule has 5 heteroatoms. The highest BCUT2D eigenvalue weighted by atomic mass is 32.2. The molecule has 0 bridgehead atoms. The molecule has 1 aliphatic rings. The van der Waals surface area contributed by atoms with E-state index < -0.39 is 15.4 Å². The third kappa shape index (κ3) is 3.07. The average molecular weight is 370 g/mol. The van der Waals surface area contributed by atoms with Gasteiger partial charge < -0.3 is 4.74 Å². The second kappa shape index (κ2) is 6.72. The summed E-state index contributed by atoms with van der Waals surface area (Å²) in [7, 11) is -3.28. The molecular formula is C21H22O4S. The largest absolute Gasteiger partial charge is 0.478 e. The summed E-state index contributed by atoms with van der Waals surface area (Å²) in [4.78, 5) is 13.5. The van der Waals surface area contributed by atoms with Crippen molar-refractivity contribution in [2.45, 2.75) is 37.2 Å². The molecule has 2 aromatic carbocycles. The highest BCUT2D eigenvalue weighted by molar-refractivity contribution is 7.90. The van der Waals surface area contributed by atoms with Gasteiger partial charge >= 0.3 is 0 Å². The van der Waals surface area contributed by atoms with Crippen molar-refractivity contribution in [1.29, 1.82) is 0 Å². The molecule has 4 nitrogen and oxygen atoms in total. The molecular weight excluding hydrogens is 348 g/mol. The van der Waals surface area contributed by atoms with Gasteiger partial charge in [0.1, 0.15) is 5.76 Å². The molecule has 136 valence electrons. The van der Waals surface area contributed by atoms with E-state index in [2.05, 4.69) is 0 Å². The molecule has 3 rings (SSSR count). The fraction of sp³-hybridized carbons (Fsp3) is 0.286. The minimum absolute atomic E-state index is 0.0177. The summed E-state index contributed by atoms with van der Waals surface area (Å²) in [5.41, 5.74) is 1.20. The van der Waals surface area contributed by atoms with Crippen molar-refractivity contribution in [3.63, 3.8) is 0 Å². The zero-order valence-corrected chi connectivity index (χ0v) is 16.0. The summed E-state index contributed by atoms with van der Waals surface area (Å²) in [5.74, 6) is 0.501. The van der Waals surface area contributed by atoms with Gasteiger partial charge in [0.05, 0.1) is 10.5 Å². The van der Waals surface area contributed by atoms with Gasteiger partial charge in [-0.2, -0.15) is 0 Å². The highest BCUT2D eigenvalue weighted by Gasteiger charge is 2.47. The lowest BCUT2D eigenvalue weighted by Crippen LogP contribution is -2.35. The Kier molecular flexibility index (Phi) is 4.76. The van der Waals surface area contributed by atoms with Crippen molar-refractivity contribution in [3.8, 4) is 0 Å². The van der Waals surface area contributed by atoms with E-state index in [-0.39, 0.29) is 10.7 Å². The normalized spacial score (nSPS) is 16.7. The lowest BCUT2D eigenvalue weighted by atomic mass is 9.87. The van der Waals surface area contributed by atoms with Crippen LogP contribution in [0.4, 0.5) is 0 Å². The molecule has 0 N–H and O–H groups in total. The van der Waals surface area contributed by atoms with E-state index in [0.29, 0.717) is 29.7 Å². The number of ketones is 1. The Labute approximate surface area is 154 Å². The summed E-state index contributed by atoms with van der Waals surface area (Å²) >= 11 is 0. The van der Waals surface area contributed by atoms with Gasteiger partial charge in [0.25, 0.3) is 0 Å². The van der Waals surface area contributed by atoms with Crippen LogP contribution in [-0.2, 0) is 19.4 Å². The van der Waals surface area contributed by atoms with Crippen LogP contribution in [0.25, 0.3) is 11.3 Å². The molecule has 0 radical (unpaired) electrons. The van der Waals surface area contributed by atoms with E-state index in [0.717, 1.165) is 5.56 Å². The van der Waals surface area contributed by atoms with Crippen LogP contribution in [-0.4, -0.2) is 26.1 Å². The molecule has 2 aromatic rings. The van der Waals surface area contributed by atoms with Gasteiger partial charge in [-0.1, -0.05) is 44.2 Å². The standard InChI is InChI=1S/C21H22O4S/c1-4-21(5-2)20(22)18(15-9-7-6-8-10-15)19(25-21)16-11-13-17(14-12-16)26(3,23)24/h6-14H,4-5H2,1-3H3. The van der Waals surface area contributed by atoms with Crippen molar-refractivity contribution in [2.75, 3.05) is 6.26 Å². The second-order valence-electron chi connectivity index (χ2n) is 6.50. The number of hydrogen-bond donors (Lipinski definition) is 0. The van der Waals surface area contributed by atoms with Crippen LogP contribution >= 0.6 is 0 Å². The lowest BCUT2D eigenvalue weighted by molar-refractivity contribution is -0.128. The van der Waals surface area contributed by atoms with Gasteiger partial charge in [-0.3, -0.25) is 4.79 Å². The molecule has 26 heavy (non-hydrogen) atoms. The number of carbonyl (C=O) groups excluding carboxylic acids is 1. The predicted molar refractivity (Wildman–Crippen MR) is 102 cm³/mol. The molecule has 0 saturated carbocycles. The summed E-state index contributed by atoms with van der Waals surface area (Å²) < 4.78 is 29.6. The maximum atomic E-state index is 13.2. The first-order valence-electron chi connectivity index (χ1n) is 8.66. The Morgan fingerprint density at radius 3 is 1.96 bits per heavy atom. The highest BCUT2D eigenvalue weighted by Crippen LogP contribution is 2.44. The molecule has 0 atom stereocenters. The van der Waals surface area contributed by atoms with Crippen LogP contribution in [0.2, 0.25) is 0 Å². The number of hydrogen-bond acceptors (Lipinski definition) is 4. The number of ether oxygens (including phenoxy) is 1. The Hall–Kier alpha value is -2.40. The number of rotatable bonds is 5. The molecule has 0 aliphatic carbocycles. The number of carbonyl (C=O) groups is 1. The van der Waals surface area contributed by atoms with E-state index in [1.165, 1.54) is 6.26 Å². The van der Waals surface area contributed by atoms with Gasteiger partial charge in [-0.25, -0.2) is 8.42 Å². The Morgan fingerprint density at radius 1 is 0.885 bits per heavy atom. The van der Waals surface area contributed by atoms with E-state index >= 15 is 0 Å². The number of benzene rings is 2. The van der Waals surface area contributed by atoms with Gasteiger partial charge in [0, 0.05) is 11.8 Å². The fourth-order valence-electron chi connectivity index (χ4n) is 3.26. The van der Waals surface area contributed by atoms with Crippen molar-refractivity contribution in [3.05, 3.63) is 65.7 Å². The first-order valence-corrected chi connectivity index (χ1v) is 10.6. The topological polar surface area (TPSA) is 60.4 Å². The minimum atomic E-state index is -3.28. The first-order chi connectivity index (χ1) is 12.3. The molecule has 0 fully saturated rings. The van der Waals surface area contributed by atoms with Crippen LogP contribution in [0.3, 0.4) is 0 Å². The van der Waals surface area contributed by atoms with Crippen LogP contribution in [0.1, 0.15) is 37.8 Å². The molecule has 1 heterocycles. The predicted octanol–water partition coefficient (Wildman–Crippen LogP) is 4.12. The van der Waals surface area contributed by atoms with Crippen molar-refractivity contribution in [2.24, 2.45) is 0 Å². The summed E-state index contributed by atoms with van der Waals surface area (Å²) in [5, 5.41) is 0. The average Bonchev–Trinajstić information content (AvgIpc) is 2.95. The van der Waals surface area contributed by atoms with Gasteiger partial charge in [0.2, 0.25) is 5.78 Å². The van der Waals surface area contributed by atoms with E-state index in [4.69, 9.17) is 4.74 Å². The monoisotopic (exact) mass is 370 g/mol. The fourth-order valence-corrected chi connectivity index (χ4v) is 3.89. The van der Waals surface area contributed by atoms with Crippen LogP contribution < -0.4 is 0 Å². The van der Waals surface area contributed by atoms with E-state index in [1.54, 1.807) is 24.3 Å². The summed E-state index contributed by atoms with van der Waals surface area (Å²) in [6.07, 6.45) is 2.32. The molecule has 0 aromatic heterocycles. The molecule has 0 spiro atoms. The SMILES string of the molecule is CCC1(CC)OC(c2ccc(S(C)(=O)=O)cc2)=C(c2ccccc2)C1=O. The number of sulfone groups is 1. The second-order valence-corrected chi connectivity index (χ2v) is 8.52. The smallest absolute Gasteiger partial charge is 0.210 e. The third-order valence-corrected chi connectivity index (χ3v) is 6.04. The lowest BCUT2D eigenvalue weighted by Gasteiger charge is -2.25. The Bertz CT molecular complexity index is 951. The van der Waals surface area contributed by atoms with Crippen LogP contribution in [0.15, 0.2) is 59.5 Å². The maximum absolute atomic E-state index is 13.2. The van der Waals surface area contributed by atoms with Crippen molar-refractivity contribution >= 4 is 27.0 Å². The third-order valence-electron chi connectivity index (χ3n) is 4.91. The van der Waals surface area contributed by atoms with Crippen molar-refractivity contribution in [1.82, 2.24) is 0 Å². The minimum Gasteiger partial charge on any atom is -0.478 e. The van der Waals surface area contributed by atoms with Crippen LogP contribution in [0.5, 0.6) is 0 Å². The van der Waals surface area contributed by atoms with Crippen molar-refractivity contribution < 1.29 is 17.9 Å². The molecule has 0 unspecified atom stereocenters. The Morgan fingerprint density at radius 2 is 1.46 bits per heavy atom. The van der Waals surface area contributed by atoms with E-state index in [1.807, 2.05) is 44.2 Å². The first kappa shape index (κ1) is 18.4. The van der Waals surface area contributed by atoms with Gasteiger partial charge in [-0.05, 0) is 42.7 Å². The summed E-state index contributed by atoms with van der Waals surface area (Å²) in [6, 6.07) is 15.9. The summed E-state index contributed by atoms with van der Waals surface area (Å²) in [6.45, 7) is 3.89. The zero-order chi connectivity index (χ0) is 18.9. The Balaban J connectivity index is 2.17. The zero-order valence-electron chi connectivity index (χ0n) is 15.2. The molecule has 0 amide bonds. The maximum Gasteiger partial charge on any atom is 0.210 e. The molecule has 1 aliphatic heterocycles. The number of Topliss-reactive ketones (excluding diaryl/α,β-unsaturated/α-hetero) is 1. The van der Waals surface area contributed by atoms with Crippen LogP contribution in [0, 0.1) is 0 Å².